The second kappa shape index (κ2) is 8.51. The van der Waals surface area contributed by atoms with Gasteiger partial charge in [0.2, 0.25) is 5.91 Å². The number of amides is 2. The number of nitrogens with zero attached hydrogens (tertiary/aromatic N) is 2. The van der Waals surface area contributed by atoms with Crippen molar-refractivity contribution in [3.63, 3.8) is 0 Å². The van der Waals surface area contributed by atoms with Crippen molar-refractivity contribution in [1.82, 2.24) is 9.80 Å². The molecule has 4 rings (SSSR count). The van der Waals surface area contributed by atoms with Gasteiger partial charge in [0.25, 0.3) is 5.91 Å². The summed E-state index contributed by atoms with van der Waals surface area (Å²) in [7, 11) is 0. The average molecular weight is 423 g/mol. The van der Waals surface area contributed by atoms with Crippen LogP contribution in [-0.4, -0.2) is 54.3 Å². The van der Waals surface area contributed by atoms with Crippen molar-refractivity contribution in [2.45, 2.75) is 20.8 Å². The molecule has 2 aromatic carbocycles. The number of aryl methyl sites for hydroxylation is 3. The van der Waals surface area contributed by atoms with Crippen LogP contribution in [0.3, 0.4) is 0 Å². The lowest BCUT2D eigenvalue weighted by atomic mass is 10.1. The van der Waals surface area contributed by atoms with Gasteiger partial charge in [-0.2, -0.15) is 0 Å². The minimum Gasteiger partial charge on any atom is -0.451 e. The van der Waals surface area contributed by atoms with Crippen LogP contribution >= 0.6 is 0 Å². The standard InChI is InChI=1S/C24H26FN3O3/c1-15-5-4-6-16(2)22(15)26-21(29)14-27-9-11-28(12-10-27)24(30)23-17(3)19-13-18(25)7-8-20(19)31-23/h4-8,13H,9-12,14H2,1-3H3,(H,26,29). The fourth-order valence-electron chi connectivity index (χ4n) is 4.04. The molecule has 3 aromatic rings. The van der Waals surface area contributed by atoms with Crippen LogP contribution in [0.15, 0.2) is 40.8 Å². The van der Waals surface area contributed by atoms with Gasteiger partial charge in [-0.25, -0.2) is 4.39 Å². The molecule has 0 atom stereocenters. The summed E-state index contributed by atoms with van der Waals surface area (Å²) in [6.07, 6.45) is 0. The normalized spacial score (nSPS) is 14.8. The van der Waals surface area contributed by atoms with Gasteiger partial charge < -0.3 is 14.6 Å². The Morgan fingerprint density at radius 1 is 1.03 bits per heavy atom. The summed E-state index contributed by atoms with van der Waals surface area (Å²) in [5.74, 6) is -0.369. The SMILES string of the molecule is Cc1cccc(C)c1NC(=O)CN1CCN(C(=O)c2oc3ccc(F)cc3c2C)CC1. The number of piperazine rings is 1. The van der Waals surface area contributed by atoms with Crippen molar-refractivity contribution in [3.05, 3.63) is 64.7 Å². The number of rotatable bonds is 4. The molecule has 0 bridgehead atoms. The number of hydrogen-bond acceptors (Lipinski definition) is 4. The largest absolute Gasteiger partial charge is 0.451 e. The molecule has 1 aliphatic rings. The molecule has 2 heterocycles. The maximum Gasteiger partial charge on any atom is 0.289 e. The number of carbonyl (C=O) groups is 2. The maximum absolute atomic E-state index is 13.5. The van der Waals surface area contributed by atoms with Crippen LogP contribution in [0.2, 0.25) is 0 Å². The Morgan fingerprint density at radius 2 is 1.71 bits per heavy atom. The van der Waals surface area contributed by atoms with Crippen LogP contribution in [0.4, 0.5) is 10.1 Å². The van der Waals surface area contributed by atoms with E-state index in [0.717, 1.165) is 16.8 Å². The second-order valence-electron chi connectivity index (χ2n) is 8.08. The fourth-order valence-corrected chi connectivity index (χ4v) is 4.04. The van der Waals surface area contributed by atoms with Gasteiger partial charge in [0.05, 0.1) is 6.54 Å². The highest BCUT2D eigenvalue weighted by Crippen LogP contribution is 2.27. The van der Waals surface area contributed by atoms with E-state index in [1.165, 1.54) is 12.1 Å². The molecule has 6 nitrogen and oxygen atoms in total. The zero-order valence-electron chi connectivity index (χ0n) is 18.0. The first-order valence-corrected chi connectivity index (χ1v) is 10.4. The summed E-state index contributed by atoms with van der Waals surface area (Å²) >= 11 is 0. The van der Waals surface area contributed by atoms with E-state index in [-0.39, 0.29) is 29.9 Å². The van der Waals surface area contributed by atoms with Gasteiger partial charge >= 0.3 is 0 Å². The molecule has 7 heteroatoms. The molecule has 0 saturated carbocycles. The minimum atomic E-state index is -0.358. The van der Waals surface area contributed by atoms with Crippen molar-refractivity contribution >= 4 is 28.5 Å². The predicted molar refractivity (Wildman–Crippen MR) is 118 cm³/mol. The average Bonchev–Trinajstić information content (AvgIpc) is 3.07. The molecule has 31 heavy (non-hydrogen) atoms. The summed E-state index contributed by atoms with van der Waals surface area (Å²) in [6, 6.07) is 10.2. The van der Waals surface area contributed by atoms with Crippen molar-refractivity contribution in [3.8, 4) is 0 Å². The zero-order valence-corrected chi connectivity index (χ0v) is 18.0. The number of para-hydroxylation sites is 1. The molecule has 0 aliphatic carbocycles. The van der Waals surface area contributed by atoms with E-state index in [4.69, 9.17) is 4.42 Å². The Labute approximate surface area is 180 Å². The highest BCUT2D eigenvalue weighted by atomic mass is 19.1. The van der Waals surface area contributed by atoms with Crippen LogP contribution in [0.5, 0.6) is 0 Å². The van der Waals surface area contributed by atoms with E-state index in [1.54, 1.807) is 17.9 Å². The molecule has 2 amide bonds. The Morgan fingerprint density at radius 3 is 2.39 bits per heavy atom. The Kier molecular flexibility index (Phi) is 5.78. The molecule has 1 aliphatic heterocycles. The topological polar surface area (TPSA) is 65.8 Å². The van der Waals surface area contributed by atoms with Crippen molar-refractivity contribution < 1.29 is 18.4 Å². The summed E-state index contributed by atoms with van der Waals surface area (Å²) in [6.45, 7) is 8.19. The van der Waals surface area contributed by atoms with Gasteiger partial charge in [0, 0.05) is 42.8 Å². The van der Waals surface area contributed by atoms with E-state index >= 15 is 0 Å². The van der Waals surface area contributed by atoms with E-state index in [1.807, 2.05) is 36.9 Å². The van der Waals surface area contributed by atoms with Crippen LogP contribution < -0.4 is 5.32 Å². The fraction of sp³-hybridized carbons (Fsp3) is 0.333. The Bertz CT molecular complexity index is 1130. The van der Waals surface area contributed by atoms with Crippen molar-refractivity contribution in [2.24, 2.45) is 0 Å². The third kappa shape index (κ3) is 4.32. The number of anilines is 1. The third-order valence-electron chi connectivity index (χ3n) is 5.86. The first kappa shape index (κ1) is 21.1. The first-order chi connectivity index (χ1) is 14.8. The van der Waals surface area contributed by atoms with Crippen molar-refractivity contribution in [1.29, 1.82) is 0 Å². The molecular formula is C24H26FN3O3. The molecule has 0 radical (unpaired) electrons. The number of furan rings is 1. The van der Waals surface area contributed by atoms with E-state index in [0.29, 0.717) is 42.7 Å². The number of hydrogen-bond donors (Lipinski definition) is 1. The number of carbonyl (C=O) groups excluding carboxylic acids is 2. The molecule has 1 aromatic heterocycles. The number of fused-ring (bicyclic) bond motifs is 1. The first-order valence-electron chi connectivity index (χ1n) is 10.4. The van der Waals surface area contributed by atoms with Crippen molar-refractivity contribution in [2.75, 3.05) is 38.0 Å². The molecule has 162 valence electrons. The van der Waals surface area contributed by atoms with Gasteiger partial charge in [0.15, 0.2) is 5.76 Å². The molecule has 1 fully saturated rings. The number of halogens is 1. The van der Waals surface area contributed by atoms with E-state index < -0.39 is 0 Å². The van der Waals surface area contributed by atoms with E-state index in [2.05, 4.69) is 5.32 Å². The highest BCUT2D eigenvalue weighted by molar-refractivity contribution is 5.99. The lowest BCUT2D eigenvalue weighted by molar-refractivity contribution is -0.117. The van der Waals surface area contributed by atoms with Gasteiger partial charge in [-0.15, -0.1) is 0 Å². The molecule has 0 unspecified atom stereocenters. The Hall–Kier alpha value is -3.19. The van der Waals surface area contributed by atoms with Gasteiger partial charge in [0.1, 0.15) is 11.4 Å². The van der Waals surface area contributed by atoms with E-state index in [9.17, 15) is 14.0 Å². The molecule has 0 spiro atoms. The van der Waals surface area contributed by atoms with Gasteiger partial charge in [-0.1, -0.05) is 18.2 Å². The summed E-state index contributed by atoms with van der Waals surface area (Å²) in [5.41, 5.74) is 4.08. The lowest BCUT2D eigenvalue weighted by Gasteiger charge is -2.34. The summed E-state index contributed by atoms with van der Waals surface area (Å²) < 4.78 is 19.2. The van der Waals surface area contributed by atoms with Crippen LogP contribution in [0.25, 0.3) is 11.0 Å². The summed E-state index contributed by atoms with van der Waals surface area (Å²) in [5, 5.41) is 3.62. The predicted octanol–water partition coefficient (Wildman–Crippen LogP) is 3.89. The quantitative estimate of drug-likeness (QED) is 0.691. The maximum atomic E-state index is 13.5. The second-order valence-corrected chi connectivity index (χ2v) is 8.08. The number of nitrogens with one attached hydrogen (secondary N) is 1. The van der Waals surface area contributed by atoms with Crippen LogP contribution in [0.1, 0.15) is 27.2 Å². The Balaban J connectivity index is 1.36. The highest BCUT2D eigenvalue weighted by Gasteiger charge is 2.27. The smallest absolute Gasteiger partial charge is 0.289 e. The van der Waals surface area contributed by atoms with Crippen LogP contribution in [0, 0.1) is 26.6 Å². The molecule has 1 saturated heterocycles. The molecule has 1 N–H and O–H groups in total. The number of benzene rings is 2. The van der Waals surface area contributed by atoms with Crippen LogP contribution in [-0.2, 0) is 4.79 Å². The molecular weight excluding hydrogens is 397 g/mol. The van der Waals surface area contributed by atoms with Gasteiger partial charge in [-0.3, -0.25) is 14.5 Å². The third-order valence-corrected chi connectivity index (χ3v) is 5.86. The lowest BCUT2D eigenvalue weighted by Crippen LogP contribution is -2.50. The minimum absolute atomic E-state index is 0.0627. The zero-order chi connectivity index (χ0) is 22.1. The monoisotopic (exact) mass is 423 g/mol. The summed E-state index contributed by atoms with van der Waals surface area (Å²) in [4.78, 5) is 29.2. The van der Waals surface area contributed by atoms with Gasteiger partial charge in [-0.05, 0) is 50.1 Å².